The van der Waals surface area contributed by atoms with E-state index in [4.69, 9.17) is 11.6 Å². The first-order chi connectivity index (χ1) is 14.8. The van der Waals surface area contributed by atoms with Gasteiger partial charge in [-0.1, -0.05) is 47.5 Å². The molecule has 1 aliphatic heterocycles. The van der Waals surface area contributed by atoms with Crippen molar-refractivity contribution in [1.29, 1.82) is 0 Å². The molecule has 0 radical (unpaired) electrons. The maximum atomic E-state index is 14.3. The summed E-state index contributed by atoms with van der Waals surface area (Å²) in [6.45, 7) is 3.24. The molecule has 0 amide bonds. The zero-order chi connectivity index (χ0) is 22.0. The quantitative estimate of drug-likeness (QED) is 0.512. The number of hydrogen-bond acceptors (Lipinski definition) is 3. The number of rotatable bonds is 5. The van der Waals surface area contributed by atoms with Crippen LogP contribution in [0.15, 0.2) is 71.6 Å². The van der Waals surface area contributed by atoms with Crippen LogP contribution in [0.5, 0.6) is 0 Å². The minimum Gasteiger partial charge on any atom is -0.370 e. The van der Waals surface area contributed by atoms with Gasteiger partial charge in [0.05, 0.1) is 5.69 Å². The molecule has 0 aromatic heterocycles. The van der Waals surface area contributed by atoms with Gasteiger partial charge in [0, 0.05) is 23.8 Å². The summed E-state index contributed by atoms with van der Waals surface area (Å²) >= 11 is 5.87. The minimum absolute atomic E-state index is 0.0861. The zero-order valence-electron chi connectivity index (χ0n) is 17.2. The first-order valence-electron chi connectivity index (χ1n) is 10.2. The number of para-hydroxylation sites is 1. The Morgan fingerprint density at radius 2 is 1.68 bits per heavy atom. The summed E-state index contributed by atoms with van der Waals surface area (Å²) in [7, 11) is -3.75. The van der Waals surface area contributed by atoms with Crippen LogP contribution < -0.4 is 9.62 Å². The maximum Gasteiger partial charge on any atom is 0.263 e. The van der Waals surface area contributed by atoms with Gasteiger partial charge in [-0.15, -0.1) is 0 Å². The average Bonchev–Trinajstić information content (AvgIpc) is 2.75. The van der Waals surface area contributed by atoms with E-state index in [1.165, 1.54) is 6.07 Å². The first kappa shape index (κ1) is 21.7. The highest BCUT2D eigenvalue weighted by molar-refractivity contribution is 7.92. The SMILES string of the molecule is Cc1ccc(NS(=O)(=O)c2ccccc2N2CCC(c3ccc(Cl)cc3F)CC2)cc1. The number of hydrogen-bond donors (Lipinski definition) is 1. The van der Waals surface area contributed by atoms with Crippen LogP contribution >= 0.6 is 11.6 Å². The molecule has 1 N–H and O–H groups in total. The van der Waals surface area contributed by atoms with Crippen molar-refractivity contribution in [2.45, 2.75) is 30.6 Å². The highest BCUT2D eigenvalue weighted by Gasteiger charge is 2.27. The molecule has 3 aromatic carbocycles. The van der Waals surface area contributed by atoms with Crippen molar-refractivity contribution < 1.29 is 12.8 Å². The van der Waals surface area contributed by atoms with Crippen LogP contribution in [-0.4, -0.2) is 21.5 Å². The van der Waals surface area contributed by atoms with E-state index in [1.54, 1.807) is 36.4 Å². The fraction of sp³-hybridized carbons (Fsp3) is 0.250. The van der Waals surface area contributed by atoms with Crippen molar-refractivity contribution in [3.05, 3.63) is 88.7 Å². The second kappa shape index (κ2) is 8.89. The van der Waals surface area contributed by atoms with Crippen molar-refractivity contribution in [2.75, 3.05) is 22.7 Å². The molecule has 3 aromatic rings. The van der Waals surface area contributed by atoms with Gasteiger partial charge < -0.3 is 4.90 Å². The lowest BCUT2D eigenvalue weighted by atomic mass is 9.89. The number of halogens is 2. The molecule has 0 bridgehead atoms. The van der Waals surface area contributed by atoms with Crippen molar-refractivity contribution >= 4 is 33.0 Å². The molecule has 162 valence electrons. The topological polar surface area (TPSA) is 49.4 Å². The van der Waals surface area contributed by atoms with Gasteiger partial charge in [-0.2, -0.15) is 0 Å². The van der Waals surface area contributed by atoms with Crippen LogP contribution in [0.2, 0.25) is 5.02 Å². The Bertz CT molecular complexity index is 1170. The van der Waals surface area contributed by atoms with Gasteiger partial charge in [0.15, 0.2) is 0 Å². The lowest BCUT2D eigenvalue weighted by molar-refractivity contribution is 0.480. The molecular formula is C24H24ClFN2O2S. The van der Waals surface area contributed by atoms with Crippen molar-refractivity contribution in [3.63, 3.8) is 0 Å². The minimum atomic E-state index is -3.75. The maximum absolute atomic E-state index is 14.3. The number of benzene rings is 3. The second-order valence-electron chi connectivity index (χ2n) is 7.87. The van der Waals surface area contributed by atoms with Crippen LogP contribution in [0.3, 0.4) is 0 Å². The summed E-state index contributed by atoms with van der Waals surface area (Å²) < 4.78 is 43.2. The normalized spacial score (nSPS) is 15.1. The van der Waals surface area contributed by atoms with E-state index in [-0.39, 0.29) is 16.6 Å². The Kier molecular flexibility index (Phi) is 6.21. The third-order valence-corrected chi connectivity index (χ3v) is 7.36. The number of anilines is 2. The summed E-state index contributed by atoms with van der Waals surface area (Å²) in [5.74, 6) is -0.195. The van der Waals surface area contributed by atoms with Gasteiger partial charge in [0.1, 0.15) is 10.7 Å². The molecular weight excluding hydrogens is 435 g/mol. The highest BCUT2D eigenvalue weighted by Crippen LogP contribution is 2.35. The molecule has 0 atom stereocenters. The molecule has 0 saturated carbocycles. The lowest BCUT2D eigenvalue weighted by Gasteiger charge is -2.35. The first-order valence-corrected chi connectivity index (χ1v) is 12.1. The van der Waals surface area contributed by atoms with Gasteiger partial charge >= 0.3 is 0 Å². The summed E-state index contributed by atoms with van der Waals surface area (Å²) in [4.78, 5) is 2.31. The molecule has 4 nitrogen and oxygen atoms in total. The van der Waals surface area contributed by atoms with Crippen LogP contribution in [-0.2, 0) is 10.0 Å². The molecule has 1 aliphatic rings. The zero-order valence-corrected chi connectivity index (χ0v) is 18.8. The van der Waals surface area contributed by atoms with Crippen molar-refractivity contribution in [2.24, 2.45) is 0 Å². The number of piperidine rings is 1. The number of aryl methyl sites for hydroxylation is 1. The Balaban J connectivity index is 1.53. The van der Waals surface area contributed by atoms with E-state index in [0.717, 1.165) is 18.4 Å². The Hall–Kier alpha value is -2.57. The summed E-state index contributed by atoms with van der Waals surface area (Å²) in [6, 6.07) is 19.1. The predicted octanol–water partition coefficient (Wildman–Crippen LogP) is 5.97. The molecule has 7 heteroatoms. The molecule has 1 saturated heterocycles. The van der Waals surface area contributed by atoms with E-state index in [0.29, 0.717) is 35.1 Å². The van der Waals surface area contributed by atoms with Gasteiger partial charge in [0.2, 0.25) is 0 Å². The largest absolute Gasteiger partial charge is 0.370 e. The van der Waals surface area contributed by atoms with Crippen LogP contribution in [0, 0.1) is 12.7 Å². The van der Waals surface area contributed by atoms with E-state index in [2.05, 4.69) is 9.62 Å². The molecule has 1 fully saturated rings. The average molecular weight is 459 g/mol. The van der Waals surface area contributed by atoms with Gasteiger partial charge in [-0.05, 0) is 67.6 Å². The third kappa shape index (κ3) is 4.86. The number of nitrogens with one attached hydrogen (secondary N) is 1. The fourth-order valence-corrected chi connectivity index (χ4v) is 5.49. The molecule has 31 heavy (non-hydrogen) atoms. The smallest absolute Gasteiger partial charge is 0.263 e. The van der Waals surface area contributed by atoms with Crippen LogP contribution in [0.4, 0.5) is 15.8 Å². The Morgan fingerprint density at radius 3 is 2.35 bits per heavy atom. The number of nitrogens with zero attached hydrogens (tertiary/aromatic N) is 1. The molecule has 4 rings (SSSR count). The molecule has 0 unspecified atom stereocenters. The lowest BCUT2D eigenvalue weighted by Crippen LogP contribution is -2.34. The Morgan fingerprint density at radius 1 is 1.00 bits per heavy atom. The van der Waals surface area contributed by atoms with E-state index in [9.17, 15) is 12.8 Å². The molecule has 1 heterocycles. The Labute approximate surface area is 187 Å². The van der Waals surface area contributed by atoms with Crippen molar-refractivity contribution in [1.82, 2.24) is 0 Å². The predicted molar refractivity (Wildman–Crippen MR) is 124 cm³/mol. The standard InChI is InChI=1S/C24H24ClFN2O2S/c1-17-6-9-20(10-7-17)27-31(29,30)24-5-3-2-4-23(24)28-14-12-18(13-15-28)21-11-8-19(25)16-22(21)26/h2-11,16,18,27H,12-15H2,1H3. The molecule has 0 aliphatic carbocycles. The fourth-order valence-electron chi connectivity index (χ4n) is 4.04. The van der Waals surface area contributed by atoms with E-state index in [1.807, 2.05) is 31.2 Å². The third-order valence-electron chi connectivity index (χ3n) is 5.70. The highest BCUT2D eigenvalue weighted by atomic mass is 35.5. The van der Waals surface area contributed by atoms with Crippen LogP contribution in [0.1, 0.15) is 29.9 Å². The van der Waals surface area contributed by atoms with Crippen molar-refractivity contribution in [3.8, 4) is 0 Å². The summed E-state index contributed by atoms with van der Waals surface area (Å²) in [5, 5.41) is 0.388. The van der Waals surface area contributed by atoms with Gasteiger partial charge in [-0.3, -0.25) is 4.72 Å². The monoisotopic (exact) mass is 458 g/mol. The van der Waals surface area contributed by atoms with Gasteiger partial charge in [0.25, 0.3) is 10.0 Å². The van der Waals surface area contributed by atoms with Crippen LogP contribution in [0.25, 0.3) is 0 Å². The summed E-state index contributed by atoms with van der Waals surface area (Å²) in [6.07, 6.45) is 1.47. The molecule has 0 spiro atoms. The summed E-state index contributed by atoms with van der Waals surface area (Å²) in [5.41, 5.74) is 2.92. The van der Waals surface area contributed by atoms with Gasteiger partial charge in [-0.25, -0.2) is 12.8 Å². The van der Waals surface area contributed by atoms with E-state index >= 15 is 0 Å². The van der Waals surface area contributed by atoms with E-state index < -0.39 is 10.0 Å². The second-order valence-corrected chi connectivity index (χ2v) is 9.95. The number of sulfonamides is 1.